The quantitative estimate of drug-likeness (QED) is 0.867. The van der Waals surface area contributed by atoms with Crippen molar-refractivity contribution in [1.29, 1.82) is 5.26 Å². The molecule has 0 radical (unpaired) electrons. The molecule has 6 nitrogen and oxygen atoms in total. The summed E-state index contributed by atoms with van der Waals surface area (Å²) in [6.07, 6.45) is 1.02. The van der Waals surface area contributed by atoms with Gasteiger partial charge in [0.05, 0.1) is 23.6 Å². The lowest BCUT2D eigenvalue weighted by atomic mass is 10.2. The maximum atomic E-state index is 12.3. The third-order valence-corrected chi connectivity index (χ3v) is 4.95. The molecule has 2 aromatic carbocycles. The molecule has 1 amide bonds. The number of nitriles is 1. The van der Waals surface area contributed by atoms with Crippen molar-refractivity contribution < 1.29 is 13.2 Å². The standard InChI is InChI=1S/C17H16ClN3O3S/c1-12-6-7-15(9-16(12)18)21(25(2,23)24)11-17(22)20-14-5-3-4-13(8-14)10-19/h3-9H,11H2,1-2H3,(H,20,22). The molecule has 0 aliphatic rings. The van der Waals surface area contributed by atoms with Crippen molar-refractivity contribution in [2.45, 2.75) is 6.92 Å². The van der Waals surface area contributed by atoms with Crippen molar-refractivity contribution in [2.75, 3.05) is 22.4 Å². The van der Waals surface area contributed by atoms with E-state index in [-0.39, 0.29) is 0 Å². The van der Waals surface area contributed by atoms with E-state index in [1.165, 1.54) is 12.1 Å². The number of halogens is 1. The third-order valence-electron chi connectivity index (χ3n) is 3.41. The highest BCUT2D eigenvalue weighted by atomic mass is 35.5. The van der Waals surface area contributed by atoms with Gasteiger partial charge in [0.2, 0.25) is 15.9 Å². The lowest BCUT2D eigenvalue weighted by Crippen LogP contribution is -2.37. The van der Waals surface area contributed by atoms with Crippen LogP contribution in [0.25, 0.3) is 0 Å². The van der Waals surface area contributed by atoms with Gasteiger partial charge < -0.3 is 5.32 Å². The molecule has 0 atom stereocenters. The second-order valence-corrected chi connectivity index (χ2v) is 7.76. The Morgan fingerprint density at radius 3 is 2.60 bits per heavy atom. The number of nitrogens with zero attached hydrogens (tertiary/aromatic N) is 2. The van der Waals surface area contributed by atoms with Gasteiger partial charge in [0, 0.05) is 10.7 Å². The van der Waals surface area contributed by atoms with E-state index in [0.717, 1.165) is 16.1 Å². The number of aryl methyl sites for hydroxylation is 1. The molecule has 0 aliphatic carbocycles. The molecule has 2 rings (SSSR count). The fraction of sp³-hybridized carbons (Fsp3) is 0.176. The first-order chi connectivity index (χ1) is 11.7. The van der Waals surface area contributed by atoms with Gasteiger partial charge in [-0.2, -0.15) is 5.26 Å². The summed E-state index contributed by atoms with van der Waals surface area (Å²) in [4.78, 5) is 12.3. The summed E-state index contributed by atoms with van der Waals surface area (Å²) >= 11 is 6.06. The van der Waals surface area contributed by atoms with Gasteiger partial charge in [-0.1, -0.05) is 23.7 Å². The maximum Gasteiger partial charge on any atom is 0.245 e. The molecule has 8 heteroatoms. The Hall–Kier alpha value is -2.56. The summed E-state index contributed by atoms with van der Waals surface area (Å²) in [5.74, 6) is -0.530. The van der Waals surface area contributed by atoms with E-state index in [2.05, 4.69) is 5.32 Å². The normalized spacial score (nSPS) is 10.8. The Balaban J connectivity index is 2.24. The minimum absolute atomic E-state index is 0.305. The third kappa shape index (κ3) is 4.95. The van der Waals surface area contributed by atoms with Crippen molar-refractivity contribution >= 4 is 38.9 Å². The summed E-state index contributed by atoms with van der Waals surface area (Å²) in [6.45, 7) is 1.39. The Labute approximate surface area is 151 Å². The van der Waals surface area contributed by atoms with Crippen molar-refractivity contribution in [2.24, 2.45) is 0 Å². The van der Waals surface area contributed by atoms with Crippen LogP contribution in [0, 0.1) is 18.3 Å². The molecule has 0 saturated heterocycles. The number of hydrogen-bond donors (Lipinski definition) is 1. The Bertz CT molecular complexity index is 952. The fourth-order valence-corrected chi connectivity index (χ4v) is 3.16. The summed E-state index contributed by atoms with van der Waals surface area (Å²) in [5.41, 5.74) is 1.91. The molecule has 0 fully saturated rings. The zero-order chi connectivity index (χ0) is 18.6. The molecule has 2 aromatic rings. The van der Waals surface area contributed by atoms with Gasteiger partial charge in [0.1, 0.15) is 6.54 Å². The molecule has 0 saturated carbocycles. The molecular weight excluding hydrogens is 362 g/mol. The highest BCUT2D eigenvalue weighted by Crippen LogP contribution is 2.25. The molecule has 130 valence electrons. The van der Waals surface area contributed by atoms with Crippen molar-refractivity contribution in [3.63, 3.8) is 0 Å². The second kappa shape index (κ2) is 7.55. The molecular formula is C17H16ClN3O3S. The smallest absolute Gasteiger partial charge is 0.245 e. The van der Waals surface area contributed by atoms with Gasteiger partial charge in [-0.3, -0.25) is 9.10 Å². The van der Waals surface area contributed by atoms with Crippen molar-refractivity contribution in [3.05, 3.63) is 58.6 Å². The molecule has 0 aliphatic heterocycles. The average molecular weight is 378 g/mol. The van der Waals surface area contributed by atoms with Crippen LogP contribution in [-0.2, 0) is 14.8 Å². The van der Waals surface area contributed by atoms with Gasteiger partial charge in [0.15, 0.2) is 0 Å². The number of anilines is 2. The van der Waals surface area contributed by atoms with Crippen LogP contribution in [0.4, 0.5) is 11.4 Å². The van der Waals surface area contributed by atoms with Crippen LogP contribution in [0.2, 0.25) is 5.02 Å². The van der Waals surface area contributed by atoms with E-state index >= 15 is 0 Å². The highest BCUT2D eigenvalue weighted by molar-refractivity contribution is 7.92. The van der Waals surface area contributed by atoms with Crippen LogP contribution in [0.3, 0.4) is 0 Å². The van der Waals surface area contributed by atoms with Gasteiger partial charge >= 0.3 is 0 Å². The van der Waals surface area contributed by atoms with Crippen LogP contribution in [-0.4, -0.2) is 27.1 Å². The fourth-order valence-electron chi connectivity index (χ4n) is 2.13. The number of nitrogens with one attached hydrogen (secondary N) is 1. The topological polar surface area (TPSA) is 90.3 Å². The number of benzene rings is 2. The van der Waals surface area contributed by atoms with Crippen molar-refractivity contribution in [3.8, 4) is 6.07 Å². The first-order valence-corrected chi connectivity index (χ1v) is 9.47. The van der Waals surface area contributed by atoms with E-state index in [4.69, 9.17) is 16.9 Å². The number of rotatable bonds is 5. The van der Waals surface area contributed by atoms with Gasteiger partial charge in [-0.15, -0.1) is 0 Å². The lowest BCUT2D eigenvalue weighted by Gasteiger charge is -2.22. The second-order valence-electron chi connectivity index (χ2n) is 5.44. The minimum Gasteiger partial charge on any atom is -0.324 e. The average Bonchev–Trinajstić information content (AvgIpc) is 2.54. The summed E-state index contributed by atoms with van der Waals surface area (Å²) < 4.78 is 25.1. The van der Waals surface area contributed by atoms with Gasteiger partial charge in [0.25, 0.3) is 0 Å². The largest absolute Gasteiger partial charge is 0.324 e. The van der Waals surface area contributed by atoms with Gasteiger partial charge in [-0.05, 0) is 42.8 Å². The van der Waals surface area contributed by atoms with E-state index in [9.17, 15) is 13.2 Å². The lowest BCUT2D eigenvalue weighted by molar-refractivity contribution is -0.114. The van der Waals surface area contributed by atoms with E-state index in [1.807, 2.05) is 6.07 Å². The molecule has 0 heterocycles. The predicted molar refractivity (Wildman–Crippen MR) is 98.2 cm³/mol. The zero-order valence-electron chi connectivity index (χ0n) is 13.7. The van der Waals surface area contributed by atoms with Crippen LogP contribution in [0.15, 0.2) is 42.5 Å². The molecule has 0 unspecified atom stereocenters. The molecule has 0 spiro atoms. The maximum absolute atomic E-state index is 12.3. The SMILES string of the molecule is Cc1ccc(N(CC(=O)Nc2cccc(C#N)c2)S(C)(=O)=O)cc1Cl. The van der Waals surface area contributed by atoms with E-state index in [1.54, 1.807) is 37.3 Å². The van der Waals surface area contributed by atoms with Crippen LogP contribution < -0.4 is 9.62 Å². The monoisotopic (exact) mass is 377 g/mol. The van der Waals surface area contributed by atoms with Crippen LogP contribution in [0.1, 0.15) is 11.1 Å². The van der Waals surface area contributed by atoms with Gasteiger partial charge in [-0.25, -0.2) is 8.42 Å². The minimum atomic E-state index is -3.69. The number of amides is 1. The first-order valence-electron chi connectivity index (χ1n) is 7.24. The number of hydrogen-bond acceptors (Lipinski definition) is 4. The summed E-state index contributed by atoms with van der Waals surface area (Å²) in [6, 6.07) is 13.1. The number of sulfonamides is 1. The molecule has 0 aromatic heterocycles. The predicted octanol–water partition coefficient (Wildman–Crippen LogP) is 2.92. The summed E-state index contributed by atoms with van der Waals surface area (Å²) in [5, 5.41) is 11.9. The first kappa shape index (κ1) is 18.8. The summed E-state index contributed by atoms with van der Waals surface area (Å²) in [7, 11) is -3.69. The van der Waals surface area contributed by atoms with E-state index < -0.39 is 22.5 Å². The molecule has 1 N–H and O–H groups in total. The Morgan fingerprint density at radius 2 is 2.00 bits per heavy atom. The van der Waals surface area contributed by atoms with Crippen LogP contribution >= 0.6 is 11.6 Å². The van der Waals surface area contributed by atoms with E-state index in [0.29, 0.717) is 22.0 Å². The molecule has 0 bridgehead atoms. The number of carbonyl (C=O) groups is 1. The van der Waals surface area contributed by atoms with Crippen molar-refractivity contribution in [1.82, 2.24) is 0 Å². The zero-order valence-corrected chi connectivity index (χ0v) is 15.2. The number of carbonyl (C=O) groups excluding carboxylic acids is 1. The Kier molecular flexibility index (Phi) is 5.67. The Morgan fingerprint density at radius 1 is 1.28 bits per heavy atom. The molecule has 25 heavy (non-hydrogen) atoms. The highest BCUT2D eigenvalue weighted by Gasteiger charge is 2.21. The van der Waals surface area contributed by atoms with Crippen LogP contribution in [0.5, 0.6) is 0 Å².